The van der Waals surface area contributed by atoms with E-state index in [4.69, 9.17) is 18.6 Å². The van der Waals surface area contributed by atoms with E-state index in [0.29, 0.717) is 31.9 Å². The Kier molecular flexibility index (Phi) is 5.08. The molecule has 4 rings (SSSR count). The zero-order valence-electron chi connectivity index (χ0n) is 14.5. The fourth-order valence-corrected chi connectivity index (χ4v) is 3.97. The highest BCUT2D eigenvalue weighted by Gasteiger charge is 2.44. The Bertz CT molecular complexity index is 572. The van der Waals surface area contributed by atoms with Crippen molar-refractivity contribution in [2.75, 3.05) is 59.2 Å². The molecule has 1 aromatic heterocycles. The fourth-order valence-electron chi connectivity index (χ4n) is 3.97. The molecule has 0 radical (unpaired) electrons. The second-order valence-corrected chi connectivity index (χ2v) is 7.17. The van der Waals surface area contributed by atoms with Crippen LogP contribution in [0.1, 0.15) is 23.2 Å². The molecule has 138 valence electrons. The third-order valence-electron chi connectivity index (χ3n) is 5.31. The van der Waals surface area contributed by atoms with Crippen LogP contribution < -0.4 is 0 Å². The molecule has 0 aromatic carbocycles. The van der Waals surface area contributed by atoms with Crippen LogP contribution in [0.25, 0.3) is 0 Å². The predicted molar refractivity (Wildman–Crippen MR) is 89.5 cm³/mol. The van der Waals surface area contributed by atoms with Crippen molar-refractivity contribution in [2.45, 2.75) is 24.5 Å². The van der Waals surface area contributed by atoms with Gasteiger partial charge in [0.25, 0.3) is 5.91 Å². The van der Waals surface area contributed by atoms with Gasteiger partial charge in [-0.25, -0.2) is 0 Å². The minimum absolute atomic E-state index is 0.0149. The smallest absolute Gasteiger partial charge is 0.257 e. The van der Waals surface area contributed by atoms with E-state index >= 15 is 0 Å². The summed E-state index contributed by atoms with van der Waals surface area (Å²) in [5.41, 5.74) is 0.201. The van der Waals surface area contributed by atoms with Crippen molar-refractivity contribution < 1.29 is 23.4 Å². The van der Waals surface area contributed by atoms with Gasteiger partial charge < -0.3 is 23.5 Å². The van der Waals surface area contributed by atoms with Crippen LogP contribution in [0.4, 0.5) is 0 Å². The normalized spacial score (nSPS) is 31.4. The Balaban J connectivity index is 1.39. The number of hydrogen-bond donors (Lipinski definition) is 0. The van der Waals surface area contributed by atoms with Crippen molar-refractivity contribution >= 4 is 5.91 Å². The first kappa shape index (κ1) is 17.0. The molecule has 0 bridgehead atoms. The number of hydrogen-bond acceptors (Lipinski definition) is 6. The lowest BCUT2D eigenvalue weighted by Crippen LogP contribution is -2.47. The van der Waals surface area contributed by atoms with Gasteiger partial charge in [0.15, 0.2) is 0 Å². The van der Waals surface area contributed by atoms with Crippen LogP contribution in [0.3, 0.4) is 0 Å². The average Bonchev–Trinajstić information content (AvgIpc) is 3.24. The maximum atomic E-state index is 12.7. The highest BCUT2D eigenvalue weighted by molar-refractivity contribution is 5.93. The van der Waals surface area contributed by atoms with E-state index in [1.54, 1.807) is 6.07 Å². The Labute approximate surface area is 147 Å². The summed E-state index contributed by atoms with van der Waals surface area (Å²) in [6, 6.07) is 1.71. The second kappa shape index (κ2) is 7.45. The Morgan fingerprint density at radius 3 is 2.84 bits per heavy atom. The van der Waals surface area contributed by atoms with Crippen LogP contribution in [0.5, 0.6) is 0 Å². The third kappa shape index (κ3) is 3.89. The molecule has 3 aliphatic rings. The lowest BCUT2D eigenvalue weighted by molar-refractivity contribution is -0.0945. The predicted octanol–water partition coefficient (Wildman–Crippen LogP) is 1.00. The van der Waals surface area contributed by atoms with Gasteiger partial charge in [-0.15, -0.1) is 0 Å². The summed E-state index contributed by atoms with van der Waals surface area (Å²) in [7, 11) is 0. The molecule has 7 heteroatoms. The lowest BCUT2D eigenvalue weighted by Gasteiger charge is -2.33. The first-order valence-electron chi connectivity index (χ1n) is 9.11. The molecule has 3 aliphatic heterocycles. The van der Waals surface area contributed by atoms with Gasteiger partial charge >= 0.3 is 0 Å². The quantitative estimate of drug-likeness (QED) is 0.810. The van der Waals surface area contributed by atoms with Gasteiger partial charge in [-0.3, -0.25) is 9.69 Å². The van der Waals surface area contributed by atoms with E-state index in [1.165, 1.54) is 12.5 Å². The minimum atomic E-state index is -0.382. The van der Waals surface area contributed by atoms with E-state index in [-0.39, 0.29) is 17.6 Å². The molecule has 3 fully saturated rings. The molecule has 1 amide bonds. The Hall–Kier alpha value is -1.41. The van der Waals surface area contributed by atoms with Gasteiger partial charge in [0, 0.05) is 26.2 Å². The standard InChI is InChI=1S/C18H26N2O5/c21-17(15-2-7-23-12-15)20-6-10-24-14-18(13-20)3-1-16(25-18)11-19-4-8-22-9-5-19/h2,7,12,16H,1,3-6,8-11,13-14H2. The van der Waals surface area contributed by atoms with Crippen molar-refractivity contribution in [3.63, 3.8) is 0 Å². The summed E-state index contributed by atoms with van der Waals surface area (Å²) >= 11 is 0. The molecule has 0 aliphatic carbocycles. The third-order valence-corrected chi connectivity index (χ3v) is 5.31. The topological polar surface area (TPSA) is 64.4 Å². The second-order valence-electron chi connectivity index (χ2n) is 7.17. The molecule has 3 saturated heterocycles. The molecule has 2 atom stereocenters. The van der Waals surface area contributed by atoms with E-state index in [1.807, 2.05) is 4.90 Å². The number of rotatable bonds is 3. The summed E-state index contributed by atoms with van der Waals surface area (Å²) in [4.78, 5) is 16.9. The van der Waals surface area contributed by atoms with Crippen LogP contribution in [0, 0.1) is 0 Å². The van der Waals surface area contributed by atoms with E-state index in [0.717, 1.165) is 45.7 Å². The van der Waals surface area contributed by atoms with Crippen molar-refractivity contribution in [1.82, 2.24) is 9.80 Å². The zero-order valence-corrected chi connectivity index (χ0v) is 14.5. The number of nitrogens with zero attached hydrogens (tertiary/aromatic N) is 2. The maximum Gasteiger partial charge on any atom is 0.257 e. The monoisotopic (exact) mass is 350 g/mol. The SMILES string of the molecule is O=C(c1ccoc1)N1CCOCC2(CCC(CN3CCOCC3)O2)C1. The molecule has 25 heavy (non-hydrogen) atoms. The molecule has 2 unspecified atom stereocenters. The summed E-state index contributed by atoms with van der Waals surface area (Å²) in [5, 5.41) is 0. The van der Waals surface area contributed by atoms with Crippen LogP contribution in [0.2, 0.25) is 0 Å². The molecule has 1 aromatic rings. The molecule has 1 spiro atoms. The van der Waals surface area contributed by atoms with E-state index in [9.17, 15) is 4.79 Å². The highest BCUT2D eigenvalue weighted by atomic mass is 16.6. The van der Waals surface area contributed by atoms with Crippen LogP contribution >= 0.6 is 0 Å². The summed E-state index contributed by atoms with van der Waals surface area (Å²) in [5.74, 6) is -0.0149. The number of carbonyl (C=O) groups is 1. The van der Waals surface area contributed by atoms with Gasteiger partial charge in [-0.2, -0.15) is 0 Å². The summed E-state index contributed by atoms with van der Waals surface area (Å²) in [6.45, 7) is 6.73. The largest absolute Gasteiger partial charge is 0.472 e. The molecule has 7 nitrogen and oxygen atoms in total. The van der Waals surface area contributed by atoms with Crippen LogP contribution in [-0.4, -0.2) is 86.6 Å². The van der Waals surface area contributed by atoms with Crippen LogP contribution in [-0.2, 0) is 14.2 Å². The zero-order chi connectivity index (χ0) is 17.1. The van der Waals surface area contributed by atoms with Crippen molar-refractivity contribution in [2.24, 2.45) is 0 Å². The lowest BCUT2D eigenvalue weighted by atomic mass is 9.99. The molecular weight excluding hydrogens is 324 g/mol. The van der Waals surface area contributed by atoms with Gasteiger partial charge in [0.1, 0.15) is 11.9 Å². The van der Waals surface area contributed by atoms with Crippen molar-refractivity contribution in [3.8, 4) is 0 Å². The van der Waals surface area contributed by atoms with E-state index in [2.05, 4.69) is 4.90 Å². The number of morpholine rings is 1. The molecule has 4 heterocycles. The minimum Gasteiger partial charge on any atom is -0.472 e. The summed E-state index contributed by atoms with van der Waals surface area (Å²) in [6.07, 6.45) is 5.16. The first-order valence-corrected chi connectivity index (χ1v) is 9.11. The van der Waals surface area contributed by atoms with E-state index < -0.39 is 0 Å². The number of amides is 1. The highest BCUT2D eigenvalue weighted by Crippen LogP contribution is 2.34. The first-order chi connectivity index (χ1) is 12.2. The molecule has 0 N–H and O–H groups in total. The Morgan fingerprint density at radius 2 is 2.04 bits per heavy atom. The summed E-state index contributed by atoms with van der Waals surface area (Å²) < 4.78 is 22.7. The van der Waals surface area contributed by atoms with Crippen molar-refractivity contribution in [3.05, 3.63) is 24.2 Å². The Morgan fingerprint density at radius 1 is 1.20 bits per heavy atom. The van der Waals surface area contributed by atoms with Gasteiger partial charge in [-0.1, -0.05) is 0 Å². The van der Waals surface area contributed by atoms with Crippen LogP contribution in [0.15, 0.2) is 23.0 Å². The number of ether oxygens (including phenoxy) is 3. The van der Waals surface area contributed by atoms with Crippen molar-refractivity contribution in [1.29, 1.82) is 0 Å². The fraction of sp³-hybridized carbons (Fsp3) is 0.722. The average molecular weight is 350 g/mol. The number of furan rings is 1. The van der Waals surface area contributed by atoms with Gasteiger partial charge in [0.2, 0.25) is 0 Å². The maximum absolute atomic E-state index is 12.7. The molecule has 0 saturated carbocycles. The van der Waals surface area contributed by atoms with Gasteiger partial charge in [-0.05, 0) is 18.9 Å². The molecular formula is C18H26N2O5. The van der Waals surface area contributed by atoms with Gasteiger partial charge in [0.05, 0.1) is 50.9 Å². The number of carbonyl (C=O) groups excluding carboxylic acids is 1.